The van der Waals surface area contributed by atoms with Crippen molar-refractivity contribution in [2.45, 2.75) is 73.2 Å². The van der Waals surface area contributed by atoms with E-state index < -0.39 is 30.3 Å². The fourth-order valence-electron chi connectivity index (χ4n) is 4.03. The van der Waals surface area contributed by atoms with Crippen LogP contribution in [0.1, 0.15) is 60.8 Å². The number of aliphatic hydroxyl groups is 1. The molecule has 1 aliphatic carbocycles. The van der Waals surface area contributed by atoms with Crippen LogP contribution in [0, 0.1) is 22.7 Å². The van der Waals surface area contributed by atoms with E-state index in [-0.39, 0.29) is 30.0 Å². The van der Waals surface area contributed by atoms with Crippen molar-refractivity contribution >= 4 is 11.9 Å². The summed E-state index contributed by atoms with van der Waals surface area (Å²) in [5.41, 5.74) is -0.201. The molecule has 0 radical (unpaired) electrons. The van der Waals surface area contributed by atoms with Crippen LogP contribution in [0.25, 0.3) is 0 Å². The van der Waals surface area contributed by atoms with Gasteiger partial charge in [0.2, 0.25) is 0 Å². The molecule has 0 aromatic carbocycles. The van der Waals surface area contributed by atoms with Crippen LogP contribution in [0.4, 0.5) is 0 Å². The Morgan fingerprint density at radius 3 is 2.33 bits per heavy atom. The summed E-state index contributed by atoms with van der Waals surface area (Å²) < 4.78 is 16.0. The molecular formula is C21H34O6. The van der Waals surface area contributed by atoms with E-state index in [0.29, 0.717) is 0 Å². The first-order chi connectivity index (χ1) is 12.5. The van der Waals surface area contributed by atoms with Crippen LogP contribution >= 0.6 is 0 Å². The van der Waals surface area contributed by atoms with Gasteiger partial charge in [-0.15, -0.1) is 0 Å². The number of esters is 2. The van der Waals surface area contributed by atoms with E-state index in [4.69, 9.17) is 14.2 Å². The van der Waals surface area contributed by atoms with Crippen molar-refractivity contribution in [3.05, 3.63) is 11.6 Å². The number of hydrogen-bond acceptors (Lipinski definition) is 6. The number of fused-ring (bicyclic) bond motifs is 1. The summed E-state index contributed by atoms with van der Waals surface area (Å²) in [5, 5.41) is 9.91. The van der Waals surface area contributed by atoms with Crippen molar-refractivity contribution < 1.29 is 28.9 Å². The fraction of sp³-hybridized carbons (Fsp3) is 0.810. The summed E-state index contributed by atoms with van der Waals surface area (Å²) in [4.78, 5) is 24.7. The van der Waals surface area contributed by atoms with Gasteiger partial charge in [-0.3, -0.25) is 4.79 Å². The highest BCUT2D eigenvalue weighted by atomic mass is 16.6. The summed E-state index contributed by atoms with van der Waals surface area (Å²) >= 11 is 0. The molecule has 0 spiro atoms. The minimum Gasteiger partial charge on any atom is -0.460 e. The van der Waals surface area contributed by atoms with E-state index >= 15 is 0 Å². The SMILES string of the molecule is CC(C)=CC(C)(C(=O)OCC(=O)OCC1OC(O)C2CCCC12)C(C)(C)C. The Balaban J connectivity index is 1.85. The van der Waals surface area contributed by atoms with E-state index in [0.717, 1.165) is 24.8 Å². The van der Waals surface area contributed by atoms with Crippen molar-refractivity contribution in [2.75, 3.05) is 13.2 Å². The topological polar surface area (TPSA) is 82.1 Å². The van der Waals surface area contributed by atoms with Crippen LogP contribution in [-0.2, 0) is 23.8 Å². The van der Waals surface area contributed by atoms with Crippen LogP contribution in [-0.4, -0.2) is 42.7 Å². The van der Waals surface area contributed by atoms with Crippen LogP contribution in [0.5, 0.6) is 0 Å². The van der Waals surface area contributed by atoms with Gasteiger partial charge in [-0.25, -0.2) is 4.79 Å². The smallest absolute Gasteiger partial charge is 0.344 e. The van der Waals surface area contributed by atoms with E-state index in [1.165, 1.54) is 0 Å². The zero-order valence-corrected chi connectivity index (χ0v) is 17.4. The van der Waals surface area contributed by atoms with Crippen molar-refractivity contribution in [3.63, 3.8) is 0 Å². The second-order valence-corrected chi connectivity index (χ2v) is 9.26. The maximum atomic E-state index is 12.7. The van der Waals surface area contributed by atoms with E-state index in [1.807, 2.05) is 47.6 Å². The van der Waals surface area contributed by atoms with E-state index in [2.05, 4.69) is 0 Å². The molecule has 27 heavy (non-hydrogen) atoms. The predicted molar refractivity (Wildman–Crippen MR) is 101 cm³/mol. The molecule has 0 aromatic heterocycles. The van der Waals surface area contributed by atoms with Gasteiger partial charge in [0.05, 0.1) is 11.5 Å². The largest absolute Gasteiger partial charge is 0.460 e. The molecule has 1 saturated carbocycles. The van der Waals surface area contributed by atoms with Gasteiger partial charge in [-0.2, -0.15) is 0 Å². The molecule has 2 fully saturated rings. The van der Waals surface area contributed by atoms with Gasteiger partial charge in [0.15, 0.2) is 12.9 Å². The van der Waals surface area contributed by atoms with Gasteiger partial charge < -0.3 is 19.3 Å². The third kappa shape index (κ3) is 4.91. The Bertz CT molecular complexity index is 586. The normalized spacial score (nSPS) is 29.6. The summed E-state index contributed by atoms with van der Waals surface area (Å²) in [5.74, 6) is -0.673. The summed E-state index contributed by atoms with van der Waals surface area (Å²) in [6, 6.07) is 0. The standard InChI is InChI=1S/C21H34O6/c1-13(2)10-21(6,20(3,4)5)19(24)26-12-17(22)25-11-16-14-8-7-9-15(14)18(23)27-16/h10,14-16,18,23H,7-9,11-12H2,1-6H3. The zero-order chi connectivity index (χ0) is 20.4. The number of carbonyl (C=O) groups excluding carboxylic acids is 2. The van der Waals surface area contributed by atoms with Gasteiger partial charge in [-0.1, -0.05) is 38.8 Å². The average molecular weight is 382 g/mol. The first-order valence-electron chi connectivity index (χ1n) is 9.78. The van der Waals surface area contributed by atoms with Crippen molar-refractivity contribution in [2.24, 2.45) is 22.7 Å². The molecule has 5 atom stereocenters. The number of allylic oxidation sites excluding steroid dienone is 1. The molecule has 0 bridgehead atoms. The van der Waals surface area contributed by atoms with Crippen molar-refractivity contribution in [1.82, 2.24) is 0 Å². The number of rotatable bonds is 6. The molecule has 1 N–H and O–H groups in total. The molecule has 2 aliphatic rings. The van der Waals surface area contributed by atoms with Crippen molar-refractivity contribution in [1.29, 1.82) is 0 Å². The van der Waals surface area contributed by atoms with Gasteiger partial charge in [-0.05, 0) is 44.9 Å². The highest BCUT2D eigenvalue weighted by Crippen LogP contribution is 2.44. The van der Waals surface area contributed by atoms with E-state index in [1.54, 1.807) is 0 Å². The molecule has 6 heteroatoms. The number of aliphatic hydroxyl groups excluding tert-OH is 1. The summed E-state index contributed by atoms with van der Waals surface area (Å²) in [6.45, 7) is 11.2. The van der Waals surface area contributed by atoms with Crippen LogP contribution in [0.2, 0.25) is 0 Å². The van der Waals surface area contributed by atoms with Gasteiger partial charge >= 0.3 is 11.9 Å². The maximum absolute atomic E-state index is 12.7. The Hall–Kier alpha value is -1.40. The Morgan fingerprint density at radius 1 is 1.11 bits per heavy atom. The first-order valence-corrected chi connectivity index (χ1v) is 9.78. The molecule has 154 valence electrons. The molecule has 5 unspecified atom stereocenters. The third-order valence-corrected chi connectivity index (χ3v) is 6.07. The lowest BCUT2D eigenvalue weighted by Gasteiger charge is -2.37. The first kappa shape index (κ1) is 21.9. The molecular weight excluding hydrogens is 348 g/mol. The van der Waals surface area contributed by atoms with E-state index in [9.17, 15) is 14.7 Å². The number of hydrogen-bond donors (Lipinski definition) is 1. The predicted octanol–water partition coefficient (Wildman–Crippen LogP) is 3.22. The molecule has 0 aromatic rings. The van der Waals surface area contributed by atoms with Gasteiger partial charge in [0.25, 0.3) is 0 Å². The summed E-state index contributed by atoms with van der Waals surface area (Å²) in [7, 11) is 0. The second-order valence-electron chi connectivity index (χ2n) is 9.26. The lowest BCUT2D eigenvalue weighted by Crippen LogP contribution is -2.41. The molecule has 1 heterocycles. The van der Waals surface area contributed by atoms with Crippen molar-refractivity contribution in [3.8, 4) is 0 Å². The summed E-state index contributed by atoms with van der Waals surface area (Å²) in [6.07, 6.45) is 3.82. The van der Waals surface area contributed by atoms with Gasteiger partial charge in [0, 0.05) is 5.92 Å². The number of ether oxygens (including phenoxy) is 3. The quantitative estimate of drug-likeness (QED) is 0.561. The lowest BCUT2D eigenvalue weighted by molar-refractivity contribution is -0.170. The lowest BCUT2D eigenvalue weighted by atomic mass is 9.67. The average Bonchev–Trinajstić information content (AvgIpc) is 3.13. The minimum atomic E-state index is -0.845. The van der Waals surface area contributed by atoms with Crippen LogP contribution in [0.3, 0.4) is 0 Å². The van der Waals surface area contributed by atoms with Crippen LogP contribution < -0.4 is 0 Å². The monoisotopic (exact) mass is 382 g/mol. The molecule has 1 saturated heterocycles. The fourth-order valence-corrected chi connectivity index (χ4v) is 4.03. The molecule has 2 rings (SSSR count). The third-order valence-electron chi connectivity index (χ3n) is 6.07. The van der Waals surface area contributed by atoms with Gasteiger partial charge in [0.1, 0.15) is 6.61 Å². The Morgan fingerprint density at radius 2 is 1.74 bits per heavy atom. The second kappa shape index (κ2) is 8.31. The molecule has 0 amide bonds. The zero-order valence-electron chi connectivity index (χ0n) is 17.4. The molecule has 6 nitrogen and oxygen atoms in total. The minimum absolute atomic E-state index is 0.0825. The highest BCUT2D eigenvalue weighted by molar-refractivity contribution is 5.82. The number of carbonyl (C=O) groups is 2. The Labute approximate surface area is 162 Å². The molecule has 1 aliphatic heterocycles. The Kier molecular flexibility index (Phi) is 6.74. The maximum Gasteiger partial charge on any atom is 0.344 e. The highest BCUT2D eigenvalue weighted by Gasteiger charge is 2.47. The van der Waals surface area contributed by atoms with Crippen LogP contribution in [0.15, 0.2) is 11.6 Å².